The quantitative estimate of drug-likeness (QED) is 0.0972. The van der Waals surface area contributed by atoms with Crippen molar-refractivity contribution in [3.05, 3.63) is 564 Å². The van der Waals surface area contributed by atoms with Crippen molar-refractivity contribution in [1.82, 2.24) is 13.7 Å². The number of benzene rings is 24. The lowest BCUT2D eigenvalue weighted by molar-refractivity contribution is 1.18. The molecule has 0 aliphatic heterocycles. The van der Waals surface area contributed by atoms with Crippen molar-refractivity contribution in [2.75, 3.05) is 0 Å². The first-order chi connectivity index (χ1) is 74.4. The summed E-state index contributed by atoms with van der Waals surface area (Å²) < 4.78 is 15.3. The van der Waals surface area contributed by atoms with Gasteiger partial charge in [-0.2, -0.15) is 0 Å². The standard InChI is InChI=1S/3C48H31NS/c1-3-13-32(14-4-1)34-25-27-44-41(30-34)42-31-35(33-15-5-2-6-16-33)26-28-45(42)49(44)43-22-9-7-19-38(43)36-17-11-18-37(29-36)39-21-12-24-47-48(39)40-20-8-10-23-46(40)50-47;1-3-12-32(13-4-1)35-23-26-45-42(29-35)43-30-36(33-14-5-2-6-15-33)24-27-46(43)49(45)44-20-9-7-18-39(44)38-17-11-16-34(28-38)37-22-25-41-40-19-8-10-21-47(40)50-48(41)31-37;1-3-12-32(13-4-1)35-22-25-45-41(29-35)42-30-36(33-14-5-2-6-15-33)23-26-46(42)49(45)44-20-9-7-18-39(44)38-17-11-16-34(28-38)37-24-27-48-43(31-37)40-19-8-10-21-47(40)50-48/h3*1-31H. The molecular weight excluding hydrogens is 1870 g/mol. The van der Waals surface area contributed by atoms with Crippen LogP contribution in [0.2, 0.25) is 0 Å². The minimum Gasteiger partial charge on any atom is -0.309 e. The molecule has 0 fully saturated rings. The molecule has 150 heavy (non-hydrogen) atoms. The monoisotopic (exact) mass is 1960 g/mol. The maximum atomic E-state index is 2.46. The normalized spacial score (nSPS) is 11.6. The van der Waals surface area contributed by atoms with Gasteiger partial charge in [-0.15, -0.1) is 34.0 Å². The number of nitrogens with zero attached hydrogens (tertiary/aromatic N) is 3. The van der Waals surface area contributed by atoms with Gasteiger partial charge in [0.05, 0.1) is 50.2 Å². The fourth-order valence-electron chi connectivity index (χ4n) is 22.9. The second-order valence-corrected chi connectivity index (χ2v) is 42.0. The number of rotatable bonds is 15. The van der Waals surface area contributed by atoms with Crippen LogP contribution in [-0.4, -0.2) is 13.7 Å². The van der Waals surface area contributed by atoms with Crippen LogP contribution in [0, 0.1) is 0 Å². The molecule has 0 N–H and O–H groups in total. The summed E-state index contributed by atoms with van der Waals surface area (Å²) in [6, 6.07) is 206. The molecule has 30 rings (SSSR count). The van der Waals surface area contributed by atoms with Crippen LogP contribution in [0.3, 0.4) is 0 Å². The predicted octanol–water partition coefficient (Wildman–Crippen LogP) is 41.5. The first kappa shape index (κ1) is 89.0. The van der Waals surface area contributed by atoms with Crippen LogP contribution in [0.5, 0.6) is 0 Å². The van der Waals surface area contributed by atoms with Gasteiger partial charge in [-0.25, -0.2) is 0 Å². The lowest BCUT2D eigenvalue weighted by atomic mass is 9.95. The van der Waals surface area contributed by atoms with Crippen LogP contribution in [0.4, 0.5) is 0 Å². The fourth-order valence-corrected chi connectivity index (χ4v) is 26.2. The van der Waals surface area contributed by atoms with E-state index in [1.54, 1.807) is 0 Å². The van der Waals surface area contributed by atoms with Gasteiger partial charge in [0.1, 0.15) is 0 Å². The first-order valence-electron chi connectivity index (χ1n) is 51.3. The zero-order chi connectivity index (χ0) is 99.1. The number of para-hydroxylation sites is 3. The van der Waals surface area contributed by atoms with Crippen molar-refractivity contribution >= 4 is 160 Å². The maximum absolute atomic E-state index is 2.46. The molecule has 0 aliphatic carbocycles. The van der Waals surface area contributed by atoms with Crippen LogP contribution in [0.1, 0.15) is 0 Å². The van der Waals surface area contributed by atoms with E-state index >= 15 is 0 Å². The van der Waals surface area contributed by atoms with Gasteiger partial charge in [-0.1, -0.05) is 413 Å². The Morgan fingerprint density at radius 2 is 0.320 bits per heavy atom. The van der Waals surface area contributed by atoms with E-state index in [4.69, 9.17) is 0 Å². The summed E-state index contributed by atoms with van der Waals surface area (Å²) in [7, 11) is 0. The van der Waals surface area contributed by atoms with Gasteiger partial charge in [0.2, 0.25) is 0 Å². The lowest BCUT2D eigenvalue weighted by Crippen LogP contribution is -1.97. The third-order valence-corrected chi connectivity index (χ3v) is 33.5. The van der Waals surface area contributed by atoms with E-state index in [0.717, 1.165) is 0 Å². The smallest absolute Gasteiger partial charge is 0.0541 e. The molecule has 0 radical (unpaired) electrons. The molecule has 0 atom stereocenters. The van der Waals surface area contributed by atoms with Crippen LogP contribution < -0.4 is 0 Å². The number of hydrogen-bond donors (Lipinski definition) is 0. The van der Waals surface area contributed by atoms with Crippen molar-refractivity contribution in [2.45, 2.75) is 0 Å². The van der Waals surface area contributed by atoms with Crippen molar-refractivity contribution in [2.24, 2.45) is 0 Å². The van der Waals surface area contributed by atoms with E-state index in [0.29, 0.717) is 0 Å². The van der Waals surface area contributed by atoms with Crippen LogP contribution >= 0.6 is 34.0 Å². The highest BCUT2D eigenvalue weighted by molar-refractivity contribution is 7.26. The van der Waals surface area contributed by atoms with E-state index in [9.17, 15) is 0 Å². The average molecular weight is 1960 g/mol. The highest BCUT2D eigenvalue weighted by Crippen LogP contribution is 2.49. The molecule has 6 aromatic heterocycles. The van der Waals surface area contributed by atoms with Crippen LogP contribution in [-0.2, 0) is 0 Å². The van der Waals surface area contributed by atoms with Gasteiger partial charge >= 0.3 is 0 Å². The van der Waals surface area contributed by atoms with Gasteiger partial charge < -0.3 is 13.7 Å². The predicted molar refractivity (Wildman–Crippen MR) is 646 cm³/mol. The van der Waals surface area contributed by atoms with Gasteiger partial charge in [-0.3, -0.25) is 0 Å². The summed E-state index contributed by atoms with van der Waals surface area (Å²) in [6.45, 7) is 0. The van der Waals surface area contributed by atoms with Gasteiger partial charge in [0.15, 0.2) is 0 Å². The zero-order valence-corrected chi connectivity index (χ0v) is 84.2. The summed E-state index contributed by atoms with van der Waals surface area (Å²) in [6.07, 6.45) is 0. The molecular formula is C144H93N3S3. The van der Waals surface area contributed by atoms with Crippen molar-refractivity contribution < 1.29 is 0 Å². The molecule has 0 unspecified atom stereocenters. The minimum absolute atomic E-state index is 1.17. The van der Waals surface area contributed by atoms with Gasteiger partial charge in [0.25, 0.3) is 0 Å². The molecule has 0 aliphatic rings. The SMILES string of the molecule is c1ccc(-c2ccc3c(c2)c2cc(-c4ccccc4)ccc2n3-c2ccccc2-c2cccc(-c3ccc4c(c3)sc3ccccc34)c2)cc1.c1ccc(-c2ccc3c(c2)c2cc(-c4ccccc4)ccc2n3-c2ccccc2-c2cccc(-c3ccc4sc5ccccc5c4c3)c2)cc1.c1ccc(-c2ccc3c(c2)c2cc(-c4ccccc4)ccc2n3-c2ccccc2-c2cccc(-c3cccc4sc5ccccc5c34)c2)cc1. The summed E-state index contributed by atoms with van der Waals surface area (Å²) in [5, 5.41) is 15.5. The zero-order valence-electron chi connectivity index (χ0n) is 81.8. The molecule has 0 bridgehead atoms. The summed E-state index contributed by atoms with van der Waals surface area (Å²) in [5.74, 6) is 0. The Bertz CT molecular complexity index is 10200. The Balaban J connectivity index is 0.000000108. The second-order valence-electron chi connectivity index (χ2n) is 38.8. The van der Waals surface area contributed by atoms with E-state index in [-0.39, 0.29) is 0 Å². The Morgan fingerprint density at radius 3 is 0.693 bits per heavy atom. The Kier molecular flexibility index (Phi) is 22.6. The van der Waals surface area contributed by atoms with E-state index in [1.165, 1.54) is 277 Å². The first-order valence-corrected chi connectivity index (χ1v) is 53.7. The second kappa shape index (κ2) is 38.1. The lowest BCUT2D eigenvalue weighted by Gasteiger charge is -2.15. The summed E-state index contributed by atoms with van der Waals surface area (Å²) in [4.78, 5) is 0. The minimum atomic E-state index is 1.17. The number of fused-ring (bicyclic) bond motifs is 18. The van der Waals surface area contributed by atoms with Gasteiger partial charge in [-0.05, 0) is 268 Å². The molecule has 0 saturated carbocycles. The molecule has 702 valence electrons. The van der Waals surface area contributed by atoms with Crippen LogP contribution in [0.25, 0.3) is 277 Å². The Hall–Kier alpha value is -18.7. The molecule has 6 heteroatoms. The highest BCUT2D eigenvalue weighted by Gasteiger charge is 2.25. The molecule has 30 aromatic rings. The summed E-state index contributed by atoms with van der Waals surface area (Å²) >= 11 is 5.60. The van der Waals surface area contributed by atoms with Gasteiger partial charge in [0, 0.05) is 110 Å². The molecule has 0 spiro atoms. The average Bonchev–Trinajstić information content (AvgIpc) is 1.57. The van der Waals surface area contributed by atoms with Crippen molar-refractivity contribution in [3.63, 3.8) is 0 Å². The largest absolute Gasteiger partial charge is 0.309 e. The molecule has 0 saturated heterocycles. The fraction of sp³-hybridized carbons (Fsp3) is 0. The number of aromatic nitrogens is 3. The van der Waals surface area contributed by atoms with E-state index in [1.807, 2.05) is 34.0 Å². The van der Waals surface area contributed by atoms with E-state index in [2.05, 4.69) is 578 Å². The molecule has 6 heterocycles. The van der Waals surface area contributed by atoms with Crippen LogP contribution in [0.15, 0.2) is 564 Å². The topological polar surface area (TPSA) is 14.8 Å². The van der Waals surface area contributed by atoms with E-state index < -0.39 is 0 Å². The highest BCUT2D eigenvalue weighted by atomic mass is 32.1. The third-order valence-electron chi connectivity index (χ3n) is 30.0. The molecule has 24 aromatic carbocycles. The number of thiophene rings is 3. The Morgan fingerprint density at radius 1 is 0.107 bits per heavy atom. The van der Waals surface area contributed by atoms with Crippen molar-refractivity contribution in [3.8, 4) is 151 Å². The molecule has 3 nitrogen and oxygen atoms in total. The summed E-state index contributed by atoms with van der Waals surface area (Å²) in [5.41, 5.74) is 40.0. The molecule has 0 amide bonds. The van der Waals surface area contributed by atoms with Crippen molar-refractivity contribution in [1.29, 1.82) is 0 Å². The third kappa shape index (κ3) is 16.1. The Labute approximate surface area is 881 Å². The maximum Gasteiger partial charge on any atom is 0.0541 e. The number of hydrogen-bond acceptors (Lipinski definition) is 3.